The fraction of sp³-hybridized carbons (Fsp3) is 0.900. The second kappa shape index (κ2) is 7.68. The summed E-state index contributed by atoms with van der Waals surface area (Å²) in [7, 11) is 2.18. The fourth-order valence-electron chi connectivity index (χ4n) is 5.95. The zero-order chi connectivity index (χ0) is 19.1. The number of hydrogen-bond acceptors (Lipinski definition) is 5. The van der Waals surface area contributed by atoms with Crippen molar-refractivity contribution >= 4 is 11.8 Å². The molecule has 1 aliphatic carbocycles. The zero-order valence-corrected chi connectivity index (χ0v) is 16.9. The Balaban J connectivity index is 1.57. The molecular weight excluding hydrogens is 344 g/mol. The molecular formula is C20H34N4O3. The molecule has 0 radical (unpaired) electrons. The second-order valence-electron chi connectivity index (χ2n) is 8.91. The molecule has 7 nitrogen and oxygen atoms in total. The van der Waals surface area contributed by atoms with E-state index in [-0.39, 0.29) is 36.0 Å². The summed E-state index contributed by atoms with van der Waals surface area (Å²) in [6.45, 7) is 7.02. The van der Waals surface area contributed by atoms with Crippen molar-refractivity contribution in [2.45, 2.75) is 76.2 Å². The van der Waals surface area contributed by atoms with Crippen LogP contribution in [0.25, 0.3) is 0 Å². The van der Waals surface area contributed by atoms with E-state index in [2.05, 4.69) is 34.0 Å². The Hall–Kier alpha value is -1.18. The Morgan fingerprint density at radius 3 is 2.56 bits per heavy atom. The van der Waals surface area contributed by atoms with Crippen molar-refractivity contribution in [2.24, 2.45) is 5.92 Å². The lowest BCUT2D eigenvalue weighted by atomic mass is 9.75. The zero-order valence-electron chi connectivity index (χ0n) is 16.9. The Morgan fingerprint density at radius 1 is 1.11 bits per heavy atom. The van der Waals surface area contributed by atoms with Gasteiger partial charge in [-0.2, -0.15) is 0 Å². The summed E-state index contributed by atoms with van der Waals surface area (Å²) in [6.07, 6.45) is 4.61. The Labute approximate surface area is 162 Å². The van der Waals surface area contributed by atoms with Crippen LogP contribution in [0.4, 0.5) is 0 Å². The molecule has 3 aliphatic heterocycles. The van der Waals surface area contributed by atoms with E-state index < -0.39 is 0 Å². The number of fused-ring (bicyclic) bond motifs is 1. The third-order valence-electron chi connectivity index (χ3n) is 7.19. The van der Waals surface area contributed by atoms with E-state index in [1.807, 2.05) is 0 Å². The van der Waals surface area contributed by atoms with Crippen molar-refractivity contribution in [2.75, 3.05) is 33.4 Å². The highest BCUT2D eigenvalue weighted by atomic mass is 16.5. The number of nitrogens with one attached hydrogen (secondary N) is 1. The summed E-state index contributed by atoms with van der Waals surface area (Å²) in [6, 6.07) is 0.860. The smallest absolute Gasteiger partial charge is 0.252 e. The summed E-state index contributed by atoms with van der Waals surface area (Å²) in [5, 5.41) is 3.47. The van der Waals surface area contributed by atoms with Gasteiger partial charge in [0.1, 0.15) is 6.10 Å². The summed E-state index contributed by atoms with van der Waals surface area (Å²) in [5.41, 5.74) is 0. The summed E-state index contributed by atoms with van der Waals surface area (Å²) in [4.78, 5) is 32.1. The van der Waals surface area contributed by atoms with Crippen LogP contribution in [0.3, 0.4) is 0 Å². The summed E-state index contributed by atoms with van der Waals surface area (Å²) < 4.78 is 5.71. The molecule has 4 aliphatic rings. The van der Waals surface area contributed by atoms with Crippen LogP contribution in [0.5, 0.6) is 0 Å². The number of carbonyl (C=O) groups excluding carboxylic acids is 2. The normalized spacial score (nSPS) is 40.3. The standard InChI is InChI=1S/C20H34N4O3/c1-13-11-23(20(26)19-5-4-8-27-19)17-9-15(18-10-21-12-22(18)3)6-7-16(17)24(13)14(2)25/h13,15-19,21H,4-12H2,1-3H3. The SMILES string of the molecule is CC(=O)N1C(C)CN(C(=O)C2CCCO2)C2CC(C3CNCN3C)CCC21. The summed E-state index contributed by atoms with van der Waals surface area (Å²) >= 11 is 0. The number of piperazine rings is 1. The van der Waals surface area contributed by atoms with E-state index in [0.29, 0.717) is 25.1 Å². The number of nitrogens with zero attached hydrogens (tertiary/aromatic N) is 3. The maximum absolute atomic E-state index is 13.2. The van der Waals surface area contributed by atoms with Crippen molar-refractivity contribution in [3.8, 4) is 0 Å². The van der Waals surface area contributed by atoms with Crippen LogP contribution in [-0.2, 0) is 14.3 Å². The maximum atomic E-state index is 13.2. The van der Waals surface area contributed by atoms with Gasteiger partial charge in [-0.25, -0.2) is 0 Å². The van der Waals surface area contributed by atoms with Gasteiger partial charge in [-0.15, -0.1) is 0 Å². The third kappa shape index (κ3) is 3.49. The highest BCUT2D eigenvalue weighted by Gasteiger charge is 2.49. The van der Waals surface area contributed by atoms with Crippen LogP contribution in [0.2, 0.25) is 0 Å². The highest BCUT2D eigenvalue weighted by molar-refractivity contribution is 5.82. The van der Waals surface area contributed by atoms with E-state index in [9.17, 15) is 9.59 Å². The molecule has 152 valence electrons. The molecule has 0 spiro atoms. The molecule has 0 aromatic carbocycles. The molecule has 6 unspecified atom stereocenters. The van der Waals surface area contributed by atoms with Crippen LogP contribution < -0.4 is 5.32 Å². The number of carbonyl (C=O) groups is 2. The van der Waals surface area contributed by atoms with E-state index in [0.717, 1.165) is 45.3 Å². The van der Waals surface area contributed by atoms with Gasteiger partial charge in [0.2, 0.25) is 5.91 Å². The molecule has 1 N–H and O–H groups in total. The minimum atomic E-state index is -0.280. The lowest BCUT2D eigenvalue weighted by molar-refractivity contribution is -0.160. The first-order valence-electron chi connectivity index (χ1n) is 10.6. The number of ether oxygens (including phenoxy) is 1. The van der Waals surface area contributed by atoms with Crippen molar-refractivity contribution in [3.63, 3.8) is 0 Å². The molecule has 3 heterocycles. The van der Waals surface area contributed by atoms with Crippen molar-refractivity contribution in [1.82, 2.24) is 20.0 Å². The second-order valence-corrected chi connectivity index (χ2v) is 8.91. The van der Waals surface area contributed by atoms with Gasteiger partial charge in [0.05, 0.1) is 12.1 Å². The van der Waals surface area contributed by atoms with E-state index in [1.165, 1.54) is 0 Å². The molecule has 0 bridgehead atoms. The highest BCUT2D eigenvalue weighted by Crippen LogP contribution is 2.39. The minimum Gasteiger partial charge on any atom is -0.368 e. The quantitative estimate of drug-likeness (QED) is 0.764. The lowest BCUT2D eigenvalue weighted by Crippen LogP contribution is -2.68. The van der Waals surface area contributed by atoms with Gasteiger partial charge in [-0.05, 0) is 52.0 Å². The number of hydrogen-bond donors (Lipinski definition) is 1. The average molecular weight is 379 g/mol. The van der Waals surface area contributed by atoms with Gasteiger partial charge in [-0.3, -0.25) is 14.5 Å². The molecule has 0 aromatic rings. The topological polar surface area (TPSA) is 65.1 Å². The number of likely N-dealkylation sites (N-methyl/N-ethyl adjacent to an activating group) is 1. The molecule has 7 heteroatoms. The maximum Gasteiger partial charge on any atom is 0.252 e. The largest absolute Gasteiger partial charge is 0.368 e. The first kappa shape index (κ1) is 19.2. The van der Waals surface area contributed by atoms with Gasteiger partial charge in [-0.1, -0.05) is 0 Å². The van der Waals surface area contributed by atoms with E-state index in [4.69, 9.17) is 4.74 Å². The number of amides is 2. The summed E-state index contributed by atoms with van der Waals surface area (Å²) in [5.74, 6) is 0.851. The van der Waals surface area contributed by atoms with Crippen molar-refractivity contribution in [3.05, 3.63) is 0 Å². The van der Waals surface area contributed by atoms with Gasteiger partial charge < -0.3 is 19.9 Å². The molecule has 4 rings (SSSR count). The first-order chi connectivity index (χ1) is 13.0. The third-order valence-corrected chi connectivity index (χ3v) is 7.19. The van der Waals surface area contributed by atoms with Crippen LogP contribution in [0.1, 0.15) is 46.0 Å². The van der Waals surface area contributed by atoms with Gasteiger partial charge in [0, 0.05) is 45.4 Å². The van der Waals surface area contributed by atoms with Crippen molar-refractivity contribution in [1.29, 1.82) is 0 Å². The Bertz CT molecular complexity index is 580. The van der Waals surface area contributed by atoms with Crippen molar-refractivity contribution < 1.29 is 14.3 Å². The van der Waals surface area contributed by atoms with Gasteiger partial charge in [0.25, 0.3) is 5.91 Å². The molecule has 2 amide bonds. The van der Waals surface area contributed by atoms with E-state index >= 15 is 0 Å². The predicted molar refractivity (Wildman–Crippen MR) is 102 cm³/mol. The predicted octanol–water partition coefficient (Wildman–Crippen LogP) is 0.643. The average Bonchev–Trinajstić information content (AvgIpc) is 3.31. The van der Waals surface area contributed by atoms with Gasteiger partial charge >= 0.3 is 0 Å². The van der Waals surface area contributed by atoms with Crippen LogP contribution in [0, 0.1) is 5.92 Å². The molecule has 4 fully saturated rings. The number of rotatable bonds is 2. The van der Waals surface area contributed by atoms with Gasteiger partial charge in [0.15, 0.2) is 0 Å². The first-order valence-corrected chi connectivity index (χ1v) is 10.6. The lowest BCUT2D eigenvalue weighted by Gasteiger charge is -2.55. The Morgan fingerprint density at radius 2 is 1.93 bits per heavy atom. The van der Waals surface area contributed by atoms with Crippen LogP contribution in [0.15, 0.2) is 0 Å². The molecule has 1 saturated carbocycles. The van der Waals surface area contributed by atoms with Crippen LogP contribution >= 0.6 is 0 Å². The minimum absolute atomic E-state index is 0.0708. The molecule has 3 saturated heterocycles. The van der Waals surface area contributed by atoms with E-state index in [1.54, 1.807) is 6.92 Å². The molecule has 6 atom stereocenters. The Kier molecular flexibility index (Phi) is 5.45. The molecule has 27 heavy (non-hydrogen) atoms. The fourth-order valence-corrected chi connectivity index (χ4v) is 5.95. The monoisotopic (exact) mass is 378 g/mol. The molecule has 0 aromatic heterocycles. The van der Waals surface area contributed by atoms with Crippen LogP contribution in [-0.4, -0.2) is 90.2 Å².